The van der Waals surface area contributed by atoms with Gasteiger partial charge in [0, 0.05) is 63.5 Å². The first-order valence-electron chi connectivity index (χ1n) is 10.3. The molecule has 164 valence electrons. The van der Waals surface area contributed by atoms with Crippen molar-refractivity contribution in [2.75, 3.05) is 49.5 Å². The van der Waals surface area contributed by atoms with Crippen LogP contribution in [0.5, 0.6) is 0 Å². The van der Waals surface area contributed by atoms with E-state index in [0.29, 0.717) is 45.0 Å². The minimum absolute atomic E-state index is 0.000127. The third kappa shape index (κ3) is 5.94. The maximum absolute atomic E-state index is 12.4. The van der Waals surface area contributed by atoms with Crippen LogP contribution in [0.25, 0.3) is 0 Å². The summed E-state index contributed by atoms with van der Waals surface area (Å²) in [5.74, 6) is -0.337. The van der Waals surface area contributed by atoms with Crippen LogP contribution in [-0.4, -0.2) is 60.9 Å². The van der Waals surface area contributed by atoms with E-state index >= 15 is 0 Å². The molecule has 1 aliphatic heterocycles. The highest BCUT2D eigenvalue weighted by Crippen LogP contribution is 2.30. The predicted molar refractivity (Wildman–Crippen MR) is 119 cm³/mol. The Kier molecular flexibility index (Phi) is 7.42. The lowest BCUT2D eigenvalue weighted by Crippen LogP contribution is -2.48. The number of amides is 2. The molecule has 1 saturated heterocycles. The number of hydrogen-bond acceptors (Lipinski definition) is 6. The van der Waals surface area contributed by atoms with Crippen LogP contribution in [-0.2, 0) is 4.79 Å². The summed E-state index contributed by atoms with van der Waals surface area (Å²) >= 11 is 0. The molecule has 0 bridgehead atoms. The number of carbonyl (C=O) groups is 2. The molecule has 0 radical (unpaired) electrons. The van der Waals surface area contributed by atoms with Crippen molar-refractivity contribution in [1.29, 1.82) is 0 Å². The van der Waals surface area contributed by atoms with E-state index in [1.54, 1.807) is 17.0 Å². The Bertz CT molecular complexity index is 927. The molecule has 0 spiro atoms. The maximum Gasteiger partial charge on any atom is 0.293 e. The van der Waals surface area contributed by atoms with Gasteiger partial charge in [-0.25, -0.2) is 0 Å². The smallest absolute Gasteiger partial charge is 0.293 e. The summed E-state index contributed by atoms with van der Waals surface area (Å²) in [5, 5.41) is 17.7. The van der Waals surface area contributed by atoms with Crippen LogP contribution in [0, 0.1) is 10.1 Å². The van der Waals surface area contributed by atoms with E-state index in [2.05, 4.69) is 10.6 Å². The van der Waals surface area contributed by atoms with E-state index in [1.165, 1.54) is 13.0 Å². The highest BCUT2D eigenvalue weighted by Gasteiger charge is 2.25. The highest BCUT2D eigenvalue weighted by atomic mass is 16.6. The monoisotopic (exact) mass is 425 g/mol. The molecule has 9 heteroatoms. The van der Waals surface area contributed by atoms with Crippen LogP contribution in [0.2, 0.25) is 0 Å². The lowest BCUT2D eigenvalue weighted by molar-refractivity contribution is -0.384. The molecule has 0 aliphatic carbocycles. The average molecular weight is 425 g/mol. The number of anilines is 2. The van der Waals surface area contributed by atoms with Gasteiger partial charge in [0.15, 0.2) is 0 Å². The van der Waals surface area contributed by atoms with E-state index in [1.807, 2.05) is 35.2 Å². The number of hydrogen-bond donors (Lipinski definition) is 2. The van der Waals surface area contributed by atoms with Crippen LogP contribution in [0.1, 0.15) is 23.7 Å². The zero-order chi connectivity index (χ0) is 22.2. The van der Waals surface area contributed by atoms with Crippen LogP contribution in [0.4, 0.5) is 17.1 Å². The van der Waals surface area contributed by atoms with Crippen LogP contribution in [0.15, 0.2) is 48.5 Å². The third-order valence-corrected chi connectivity index (χ3v) is 5.24. The number of nitro benzene ring substituents is 1. The van der Waals surface area contributed by atoms with Gasteiger partial charge in [0.2, 0.25) is 5.91 Å². The fraction of sp³-hybridized carbons (Fsp3) is 0.364. The fourth-order valence-corrected chi connectivity index (χ4v) is 3.52. The quantitative estimate of drug-likeness (QED) is 0.382. The van der Waals surface area contributed by atoms with Crippen molar-refractivity contribution in [3.8, 4) is 0 Å². The number of para-hydroxylation sites is 1. The first-order chi connectivity index (χ1) is 15.0. The Hall–Kier alpha value is -3.62. The molecular formula is C22H27N5O4. The molecule has 0 atom stereocenters. The molecule has 0 saturated carbocycles. The van der Waals surface area contributed by atoms with E-state index in [9.17, 15) is 19.7 Å². The molecule has 1 fully saturated rings. The standard InChI is InChI=1S/C22H27N5O4/c1-17(28)25-12-14-26(15-13-25)20-9-8-18(16-21(20)27(30)31)22(29)24-11-5-10-23-19-6-3-2-4-7-19/h2-4,6-9,16,23H,5,10-15H2,1H3,(H,24,29). The van der Waals surface area contributed by atoms with Gasteiger partial charge in [0.25, 0.3) is 11.6 Å². The Morgan fingerprint density at radius 2 is 1.74 bits per heavy atom. The fourth-order valence-electron chi connectivity index (χ4n) is 3.52. The summed E-state index contributed by atoms with van der Waals surface area (Å²) < 4.78 is 0. The van der Waals surface area contributed by atoms with Crippen molar-refractivity contribution >= 4 is 28.9 Å². The van der Waals surface area contributed by atoms with Crippen molar-refractivity contribution in [2.45, 2.75) is 13.3 Å². The molecule has 9 nitrogen and oxygen atoms in total. The Morgan fingerprint density at radius 3 is 2.39 bits per heavy atom. The summed E-state index contributed by atoms with van der Waals surface area (Å²) in [5.41, 5.74) is 1.64. The topological polar surface area (TPSA) is 108 Å². The second kappa shape index (κ2) is 10.4. The number of rotatable bonds is 8. The SMILES string of the molecule is CC(=O)N1CCN(c2ccc(C(=O)NCCCNc3ccccc3)cc2[N+](=O)[O-])CC1. The van der Waals surface area contributed by atoms with Crippen LogP contribution < -0.4 is 15.5 Å². The Morgan fingerprint density at radius 1 is 1.03 bits per heavy atom. The van der Waals surface area contributed by atoms with Gasteiger partial charge >= 0.3 is 0 Å². The first kappa shape index (κ1) is 22.1. The van der Waals surface area contributed by atoms with Crippen molar-refractivity contribution in [3.05, 3.63) is 64.2 Å². The molecule has 31 heavy (non-hydrogen) atoms. The van der Waals surface area contributed by atoms with Crippen molar-refractivity contribution in [1.82, 2.24) is 10.2 Å². The van der Waals surface area contributed by atoms with Crippen molar-refractivity contribution in [2.24, 2.45) is 0 Å². The Balaban J connectivity index is 1.55. The number of piperazine rings is 1. The normalized spacial score (nSPS) is 13.6. The minimum atomic E-state index is -0.465. The zero-order valence-corrected chi connectivity index (χ0v) is 17.5. The van der Waals surface area contributed by atoms with E-state index < -0.39 is 4.92 Å². The highest BCUT2D eigenvalue weighted by molar-refractivity contribution is 5.95. The molecule has 1 aliphatic rings. The summed E-state index contributed by atoms with van der Waals surface area (Å²) in [6.45, 7) is 4.75. The molecule has 2 aromatic carbocycles. The predicted octanol–water partition coefficient (Wildman–Crippen LogP) is 2.50. The molecular weight excluding hydrogens is 398 g/mol. The zero-order valence-electron chi connectivity index (χ0n) is 17.5. The number of carbonyl (C=O) groups excluding carboxylic acids is 2. The Labute approximate surface area is 181 Å². The summed E-state index contributed by atoms with van der Waals surface area (Å²) in [4.78, 5) is 38.7. The molecule has 1 heterocycles. The van der Waals surface area contributed by atoms with Crippen LogP contribution in [0.3, 0.4) is 0 Å². The van der Waals surface area contributed by atoms with Crippen molar-refractivity contribution in [3.63, 3.8) is 0 Å². The number of nitrogens with zero attached hydrogens (tertiary/aromatic N) is 3. The molecule has 3 rings (SSSR count). The van der Waals surface area contributed by atoms with Gasteiger partial charge in [-0.15, -0.1) is 0 Å². The molecule has 2 N–H and O–H groups in total. The minimum Gasteiger partial charge on any atom is -0.385 e. The maximum atomic E-state index is 12.4. The second-order valence-corrected chi connectivity index (χ2v) is 7.36. The van der Waals surface area contributed by atoms with Gasteiger partial charge in [-0.3, -0.25) is 19.7 Å². The van der Waals surface area contributed by atoms with E-state index in [4.69, 9.17) is 0 Å². The number of nitro groups is 1. The third-order valence-electron chi connectivity index (χ3n) is 5.24. The average Bonchev–Trinajstić information content (AvgIpc) is 2.79. The molecule has 2 amide bonds. The summed E-state index contributed by atoms with van der Waals surface area (Å²) in [6, 6.07) is 14.3. The summed E-state index contributed by atoms with van der Waals surface area (Å²) in [6.07, 6.45) is 0.723. The summed E-state index contributed by atoms with van der Waals surface area (Å²) in [7, 11) is 0. The van der Waals surface area contributed by atoms with Gasteiger partial charge < -0.3 is 20.4 Å². The van der Waals surface area contributed by atoms with Gasteiger partial charge in [-0.1, -0.05) is 18.2 Å². The number of benzene rings is 2. The number of nitrogens with one attached hydrogen (secondary N) is 2. The largest absolute Gasteiger partial charge is 0.385 e. The van der Waals surface area contributed by atoms with Gasteiger partial charge in [0.1, 0.15) is 5.69 Å². The first-order valence-corrected chi connectivity index (χ1v) is 10.3. The van der Waals surface area contributed by atoms with Gasteiger partial charge in [0.05, 0.1) is 4.92 Å². The lowest BCUT2D eigenvalue weighted by atomic mass is 10.1. The second-order valence-electron chi connectivity index (χ2n) is 7.36. The lowest BCUT2D eigenvalue weighted by Gasteiger charge is -2.35. The van der Waals surface area contributed by atoms with E-state index in [0.717, 1.165) is 12.1 Å². The molecule has 2 aromatic rings. The van der Waals surface area contributed by atoms with Crippen LogP contribution >= 0.6 is 0 Å². The van der Waals surface area contributed by atoms with Gasteiger partial charge in [-0.05, 0) is 30.7 Å². The molecule has 0 unspecified atom stereocenters. The van der Waals surface area contributed by atoms with Crippen molar-refractivity contribution < 1.29 is 14.5 Å². The van der Waals surface area contributed by atoms with E-state index in [-0.39, 0.29) is 23.1 Å². The van der Waals surface area contributed by atoms with Gasteiger partial charge in [-0.2, -0.15) is 0 Å². The molecule has 0 aromatic heterocycles.